The normalized spacial score (nSPS) is 13.3. The lowest BCUT2D eigenvalue weighted by atomic mass is 10.2. The molecule has 0 aromatic carbocycles. The van der Waals surface area contributed by atoms with E-state index in [1.54, 1.807) is 13.1 Å². The maximum absolute atomic E-state index is 12.1. The fourth-order valence-corrected chi connectivity index (χ4v) is 8.71. The second-order valence-corrected chi connectivity index (χ2v) is 19.3. The molecule has 0 saturated heterocycles. The van der Waals surface area contributed by atoms with Crippen molar-refractivity contribution in [3.8, 4) is 0 Å². The molecule has 0 N–H and O–H groups in total. The molecule has 0 amide bonds. The van der Waals surface area contributed by atoms with Crippen LogP contribution in [0.1, 0.15) is 65.2 Å². The van der Waals surface area contributed by atoms with Gasteiger partial charge in [0.1, 0.15) is 0 Å². The Balaban J connectivity index is 0. The van der Waals surface area contributed by atoms with Gasteiger partial charge in [0, 0.05) is 0 Å². The highest BCUT2D eigenvalue weighted by Gasteiger charge is 2.50. The molecule has 0 aromatic rings. The zero-order valence-corrected chi connectivity index (χ0v) is 23.1. The summed E-state index contributed by atoms with van der Waals surface area (Å²) in [4.78, 5) is 10.7. The molecule has 5 nitrogen and oxygen atoms in total. The lowest BCUT2D eigenvalue weighted by molar-refractivity contribution is -0.190. The van der Waals surface area contributed by atoms with E-state index in [9.17, 15) is 39.6 Å². The molecular formula is C19H38F6O5SSi2. The third kappa shape index (κ3) is 17.5. The van der Waals surface area contributed by atoms with Crippen LogP contribution in [0.25, 0.3) is 0 Å². The second-order valence-electron chi connectivity index (χ2n) is 9.01. The highest BCUT2D eigenvalue weighted by atomic mass is 32.2. The number of carbonyl (C=O) groups is 1. The molecule has 0 aliphatic heterocycles. The molecule has 0 spiro atoms. The Bertz CT molecular complexity index is 665. The molecular weight excluding hydrogens is 510 g/mol. The van der Waals surface area contributed by atoms with Crippen molar-refractivity contribution in [2.75, 3.05) is 0 Å². The summed E-state index contributed by atoms with van der Waals surface area (Å²) in [5.41, 5.74) is -5.32. The van der Waals surface area contributed by atoms with Gasteiger partial charge in [0.15, 0.2) is 0 Å². The van der Waals surface area contributed by atoms with E-state index < -0.39 is 44.4 Å². The summed E-state index contributed by atoms with van der Waals surface area (Å²) in [6.07, 6.45) is 2.70. The predicted octanol–water partition coefficient (Wildman–Crippen LogP) is 7.52. The van der Waals surface area contributed by atoms with Gasteiger partial charge in [0.25, 0.3) is 0 Å². The molecule has 0 atom stereocenters. The standard InChI is InChI=1S/C10H19F3O2Si.C9H19F3O3SSi/c1-4-5-6-7-8-16(2,3)15-9(14)10(11,12)13;1-4-5-6-7-8-17(2,3)15-16(13,14)9(10,11)12/h4-8H2,1-3H3;4-8H2,1-3H3. The lowest BCUT2D eigenvalue weighted by Gasteiger charge is -2.23. The first-order valence-electron chi connectivity index (χ1n) is 11.0. The number of hydrogen-bond donors (Lipinski definition) is 0. The Labute approximate surface area is 196 Å². The first-order chi connectivity index (χ1) is 14.7. The highest BCUT2D eigenvalue weighted by molar-refractivity contribution is 7.88. The number of rotatable bonds is 13. The molecule has 33 heavy (non-hydrogen) atoms. The molecule has 14 heteroatoms. The SMILES string of the molecule is CCCCCC[Si](C)(C)OC(=O)C(F)(F)F.CCCCCC[Si](C)(C)OS(=O)(=O)C(F)(F)F. The minimum Gasteiger partial charge on any atom is -0.513 e. The molecule has 0 aliphatic carbocycles. The molecule has 0 aromatic heterocycles. The first-order valence-corrected chi connectivity index (χ1v) is 18.7. The minimum absolute atomic E-state index is 0.419. The van der Waals surface area contributed by atoms with Crippen LogP contribution in [0.15, 0.2) is 0 Å². The van der Waals surface area contributed by atoms with Crippen molar-refractivity contribution < 1.29 is 47.9 Å². The Morgan fingerprint density at radius 2 is 1.12 bits per heavy atom. The summed E-state index contributed by atoms with van der Waals surface area (Å²) >= 11 is 0. The molecule has 0 fully saturated rings. The van der Waals surface area contributed by atoms with Crippen LogP contribution in [0, 0.1) is 0 Å². The van der Waals surface area contributed by atoms with Gasteiger partial charge in [0.2, 0.25) is 16.6 Å². The fourth-order valence-electron chi connectivity index (χ4n) is 2.70. The van der Waals surface area contributed by atoms with Crippen LogP contribution in [0.2, 0.25) is 38.3 Å². The zero-order chi connectivity index (χ0) is 26.6. The molecule has 0 rings (SSSR count). The van der Waals surface area contributed by atoms with Gasteiger partial charge < -0.3 is 8.30 Å². The topological polar surface area (TPSA) is 69.7 Å². The minimum atomic E-state index is -5.44. The van der Waals surface area contributed by atoms with Crippen molar-refractivity contribution in [1.29, 1.82) is 0 Å². The lowest BCUT2D eigenvalue weighted by Crippen LogP contribution is -2.39. The Hall–Kier alpha value is -0.606. The maximum Gasteiger partial charge on any atom is 0.522 e. The van der Waals surface area contributed by atoms with Gasteiger partial charge in [-0.3, -0.25) is 0 Å². The summed E-state index contributed by atoms with van der Waals surface area (Å²) in [7, 11) is -10.7. The molecule has 0 unspecified atom stereocenters. The first kappa shape index (κ1) is 34.6. The van der Waals surface area contributed by atoms with Crippen molar-refractivity contribution in [2.24, 2.45) is 0 Å². The maximum atomic E-state index is 12.1. The smallest absolute Gasteiger partial charge is 0.513 e. The summed E-state index contributed by atoms with van der Waals surface area (Å²) in [5, 5.41) is 0. The molecule has 0 aliphatic rings. The summed E-state index contributed by atoms with van der Waals surface area (Å²) in [6.45, 7) is 10.3. The van der Waals surface area contributed by atoms with Crippen molar-refractivity contribution in [1.82, 2.24) is 0 Å². The van der Waals surface area contributed by atoms with Crippen LogP contribution in [0.3, 0.4) is 0 Å². The van der Waals surface area contributed by atoms with E-state index in [0.717, 1.165) is 44.9 Å². The van der Waals surface area contributed by atoms with Gasteiger partial charge in [-0.05, 0) is 38.3 Å². The van der Waals surface area contributed by atoms with Gasteiger partial charge in [-0.1, -0.05) is 65.2 Å². The third-order valence-corrected chi connectivity index (χ3v) is 11.6. The number of unbranched alkanes of at least 4 members (excludes halogenated alkanes) is 6. The van der Waals surface area contributed by atoms with Crippen molar-refractivity contribution in [2.45, 2.75) is 115 Å². The van der Waals surface area contributed by atoms with E-state index in [-0.39, 0.29) is 0 Å². The van der Waals surface area contributed by atoms with Crippen LogP contribution in [-0.4, -0.2) is 42.7 Å². The van der Waals surface area contributed by atoms with Gasteiger partial charge >= 0.3 is 27.8 Å². The van der Waals surface area contributed by atoms with Gasteiger partial charge in [-0.15, -0.1) is 0 Å². The number of halogens is 6. The van der Waals surface area contributed by atoms with E-state index in [1.165, 1.54) is 13.1 Å². The molecule has 0 bridgehead atoms. The second kappa shape index (κ2) is 14.7. The molecule has 0 radical (unpaired) electrons. The monoisotopic (exact) mass is 548 g/mol. The Morgan fingerprint density at radius 1 is 0.727 bits per heavy atom. The van der Waals surface area contributed by atoms with E-state index in [2.05, 4.69) is 15.2 Å². The van der Waals surface area contributed by atoms with Crippen LogP contribution in [-0.2, 0) is 23.2 Å². The van der Waals surface area contributed by atoms with Gasteiger partial charge in [0.05, 0.1) is 0 Å². The average molecular weight is 549 g/mol. The van der Waals surface area contributed by atoms with Crippen molar-refractivity contribution >= 4 is 32.7 Å². The van der Waals surface area contributed by atoms with Crippen LogP contribution in [0.5, 0.6) is 0 Å². The number of alkyl halides is 6. The average Bonchev–Trinajstić information content (AvgIpc) is 2.60. The molecule has 200 valence electrons. The van der Waals surface area contributed by atoms with E-state index in [1.807, 2.05) is 6.92 Å². The zero-order valence-electron chi connectivity index (χ0n) is 20.3. The quantitative estimate of drug-likeness (QED) is 0.103. The summed E-state index contributed by atoms with van der Waals surface area (Å²) in [6, 6.07) is 1.01. The van der Waals surface area contributed by atoms with Crippen LogP contribution >= 0.6 is 0 Å². The van der Waals surface area contributed by atoms with E-state index in [4.69, 9.17) is 0 Å². The van der Waals surface area contributed by atoms with Gasteiger partial charge in [-0.25, -0.2) is 4.79 Å². The van der Waals surface area contributed by atoms with Crippen LogP contribution < -0.4 is 0 Å². The summed E-state index contributed by atoms with van der Waals surface area (Å²) in [5.74, 6) is -2.04. The largest absolute Gasteiger partial charge is 0.522 e. The highest BCUT2D eigenvalue weighted by Crippen LogP contribution is 2.29. The van der Waals surface area contributed by atoms with E-state index >= 15 is 0 Å². The predicted molar refractivity (Wildman–Crippen MR) is 121 cm³/mol. The molecule has 0 saturated carbocycles. The van der Waals surface area contributed by atoms with Gasteiger partial charge in [-0.2, -0.15) is 34.8 Å². The van der Waals surface area contributed by atoms with E-state index in [0.29, 0.717) is 18.5 Å². The third-order valence-electron chi connectivity index (χ3n) is 4.48. The number of hydrogen-bond acceptors (Lipinski definition) is 5. The summed E-state index contributed by atoms with van der Waals surface area (Å²) < 4.78 is 103. The van der Waals surface area contributed by atoms with Crippen molar-refractivity contribution in [3.05, 3.63) is 0 Å². The number of carbonyl (C=O) groups excluding carboxylic acids is 1. The Kier molecular flexibility index (Phi) is 15.4. The van der Waals surface area contributed by atoms with Crippen molar-refractivity contribution in [3.63, 3.8) is 0 Å². The molecule has 0 heterocycles. The fraction of sp³-hybridized carbons (Fsp3) is 0.947. The van der Waals surface area contributed by atoms with Crippen LogP contribution in [0.4, 0.5) is 26.3 Å². The Morgan fingerprint density at radius 3 is 1.45 bits per heavy atom.